The Labute approximate surface area is 108 Å². The number of para-hydroxylation sites is 2. The Morgan fingerprint density at radius 1 is 1.22 bits per heavy atom. The van der Waals surface area contributed by atoms with E-state index in [0.717, 1.165) is 0 Å². The monoisotopic (exact) mass is 251 g/mol. The van der Waals surface area contributed by atoms with E-state index in [1.165, 1.54) is 0 Å². The third kappa shape index (κ3) is 3.39. The van der Waals surface area contributed by atoms with Gasteiger partial charge in [0.05, 0.1) is 7.11 Å². The number of carbonyl (C=O) groups excluding carboxylic acids is 1. The Hall–Kier alpha value is -1.71. The number of nitrogens with zero attached hydrogens (tertiary/aromatic N) is 1. The number of likely N-dealkylation sites (N-methyl/N-ethyl adjacent to an activating group) is 1. The molecule has 0 aromatic heterocycles. The van der Waals surface area contributed by atoms with Gasteiger partial charge in [-0.1, -0.05) is 12.1 Å². The highest BCUT2D eigenvalue weighted by atomic mass is 16.5. The number of methoxy groups -OCH3 is 1. The van der Waals surface area contributed by atoms with Crippen LogP contribution in [0, 0.1) is 0 Å². The molecule has 0 aliphatic rings. The van der Waals surface area contributed by atoms with Crippen LogP contribution in [0.3, 0.4) is 0 Å². The van der Waals surface area contributed by atoms with Crippen molar-refractivity contribution in [2.75, 3.05) is 20.2 Å². The van der Waals surface area contributed by atoms with Crippen molar-refractivity contribution in [2.45, 2.75) is 26.9 Å². The summed E-state index contributed by atoms with van der Waals surface area (Å²) in [6.45, 7) is 7.05. The minimum atomic E-state index is -0.513. The molecule has 0 heterocycles. The summed E-state index contributed by atoms with van der Waals surface area (Å²) in [6, 6.07) is 7.32. The van der Waals surface area contributed by atoms with Crippen LogP contribution in [-0.2, 0) is 4.79 Å². The summed E-state index contributed by atoms with van der Waals surface area (Å²) in [5, 5.41) is 0. The molecule has 0 fully saturated rings. The molecule has 1 aromatic rings. The van der Waals surface area contributed by atoms with Crippen molar-refractivity contribution in [3.8, 4) is 11.5 Å². The van der Waals surface area contributed by atoms with Crippen LogP contribution in [0.5, 0.6) is 11.5 Å². The molecule has 1 aromatic carbocycles. The highest BCUT2D eigenvalue weighted by Gasteiger charge is 2.20. The van der Waals surface area contributed by atoms with E-state index in [2.05, 4.69) is 0 Å². The van der Waals surface area contributed by atoms with Gasteiger partial charge in [-0.15, -0.1) is 0 Å². The molecule has 0 bridgehead atoms. The number of rotatable bonds is 6. The summed E-state index contributed by atoms with van der Waals surface area (Å²) in [5.41, 5.74) is 0. The lowest BCUT2D eigenvalue weighted by Crippen LogP contribution is -2.40. The van der Waals surface area contributed by atoms with Crippen LogP contribution >= 0.6 is 0 Å². The zero-order valence-corrected chi connectivity index (χ0v) is 11.5. The molecule has 0 saturated heterocycles. The second kappa shape index (κ2) is 6.89. The lowest BCUT2D eigenvalue weighted by Gasteiger charge is -2.23. The fourth-order valence-corrected chi connectivity index (χ4v) is 1.75. The normalized spacial score (nSPS) is 11.8. The summed E-state index contributed by atoms with van der Waals surface area (Å²) in [6.07, 6.45) is -0.513. The van der Waals surface area contributed by atoms with Crippen LogP contribution in [0.4, 0.5) is 0 Å². The van der Waals surface area contributed by atoms with Crippen molar-refractivity contribution in [3.05, 3.63) is 24.3 Å². The average molecular weight is 251 g/mol. The molecule has 0 spiro atoms. The molecule has 4 heteroatoms. The van der Waals surface area contributed by atoms with Crippen LogP contribution in [0.1, 0.15) is 20.8 Å². The van der Waals surface area contributed by atoms with Crippen molar-refractivity contribution in [3.63, 3.8) is 0 Å². The molecule has 1 amide bonds. The van der Waals surface area contributed by atoms with Crippen LogP contribution in [-0.4, -0.2) is 37.1 Å². The predicted molar refractivity (Wildman–Crippen MR) is 71.0 cm³/mol. The number of hydrogen-bond acceptors (Lipinski definition) is 3. The molecule has 0 aliphatic carbocycles. The zero-order valence-electron chi connectivity index (χ0n) is 11.5. The van der Waals surface area contributed by atoms with Crippen molar-refractivity contribution in [1.82, 2.24) is 4.90 Å². The first-order valence-corrected chi connectivity index (χ1v) is 6.22. The molecule has 0 unspecified atom stereocenters. The molecular formula is C14H21NO3. The van der Waals surface area contributed by atoms with E-state index >= 15 is 0 Å². The molecule has 0 radical (unpaired) electrons. The fraction of sp³-hybridized carbons (Fsp3) is 0.500. The van der Waals surface area contributed by atoms with Crippen molar-refractivity contribution in [1.29, 1.82) is 0 Å². The van der Waals surface area contributed by atoms with Crippen molar-refractivity contribution < 1.29 is 14.3 Å². The molecule has 0 saturated carbocycles. The summed E-state index contributed by atoms with van der Waals surface area (Å²) in [5.74, 6) is 1.22. The van der Waals surface area contributed by atoms with E-state index in [-0.39, 0.29) is 5.91 Å². The van der Waals surface area contributed by atoms with Gasteiger partial charge in [0.1, 0.15) is 0 Å². The third-order valence-electron chi connectivity index (χ3n) is 2.80. The first kappa shape index (κ1) is 14.4. The molecule has 0 aliphatic heterocycles. The first-order chi connectivity index (χ1) is 8.63. The molecule has 4 nitrogen and oxygen atoms in total. The third-order valence-corrected chi connectivity index (χ3v) is 2.80. The van der Waals surface area contributed by atoms with Gasteiger partial charge in [0.2, 0.25) is 0 Å². The maximum atomic E-state index is 12.1. The number of amides is 1. The lowest BCUT2D eigenvalue weighted by atomic mass is 10.3. The van der Waals surface area contributed by atoms with E-state index in [1.54, 1.807) is 25.0 Å². The van der Waals surface area contributed by atoms with E-state index in [4.69, 9.17) is 9.47 Å². The second-order valence-corrected chi connectivity index (χ2v) is 3.92. The minimum Gasteiger partial charge on any atom is -0.493 e. The first-order valence-electron chi connectivity index (χ1n) is 6.22. The molecular weight excluding hydrogens is 230 g/mol. The number of hydrogen-bond donors (Lipinski definition) is 0. The lowest BCUT2D eigenvalue weighted by molar-refractivity contribution is -0.137. The summed E-state index contributed by atoms with van der Waals surface area (Å²) in [4.78, 5) is 13.8. The topological polar surface area (TPSA) is 38.8 Å². The van der Waals surface area contributed by atoms with Crippen molar-refractivity contribution in [2.24, 2.45) is 0 Å². The smallest absolute Gasteiger partial charge is 0.263 e. The summed E-state index contributed by atoms with van der Waals surface area (Å²) < 4.78 is 10.9. The van der Waals surface area contributed by atoms with Gasteiger partial charge in [0, 0.05) is 13.1 Å². The number of benzene rings is 1. The zero-order chi connectivity index (χ0) is 13.5. The maximum Gasteiger partial charge on any atom is 0.263 e. The fourth-order valence-electron chi connectivity index (χ4n) is 1.75. The molecule has 1 rings (SSSR count). The molecule has 0 N–H and O–H groups in total. The summed E-state index contributed by atoms with van der Waals surface area (Å²) in [7, 11) is 1.58. The van der Waals surface area contributed by atoms with E-state index in [9.17, 15) is 4.79 Å². The quantitative estimate of drug-likeness (QED) is 0.779. The Balaban J connectivity index is 2.74. The number of ether oxygens (including phenoxy) is 2. The minimum absolute atomic E-state index is 0.00842. The van der Waals surface area contributed by atoms with Gasteiger partial charge < -0.3 is 14.4 Å². The van der Waals surface area contributed by atoms with Crippen LogP contribution in [0.15, 0.2) is 24.3 Å². The summed E-state index contributed by atoms with van der Waals surface area (Å²) >= 11 is 0. The second-order valence-electron chi connectivity index (χ2n) is 3.92. The average Bonchev–Trinajstić information content (AvgIpc) is 2.40. The van der Waals surface area contributed by atoms with Gasteiger partial charge in [-0.3, -0.25) is 4.79 Å². The van der Waals surface area contributed by atoms with Crippen LogP contribution in [0.25, 0.3) is 0 Å². The standard InChI is InChI=1S/C14H21NO3/c1-5-15(6-2)14(16)11(3)18-13-10-8-7-9-12(13)17-4/h7-11H,5-6H2,1-4H3/t11-/m1/s1. The highest BCUT2D eigenvalue weighted by Crippen LogP contribution is 2.26. The largest absolute Gasteiger partial charge is 0.493 e. The van der Waals surface area contributed by atoms with E-state index in [0.29, 0.717) is 24.6 Å². The molecule has 100 valence electrons. The van der Waals surface area contributed by atoms with Gasteiger partial charge in [-0.25, -0.2) is 0 Å². The Kier molecular flexibility index (Phi) is 5.49. The van der Waals surface area contributed by atoms with Gasteiger partial charge in [-0.2, -0.15) is 0 Å². The Bertz CT molecular complexity index is 388. The SMILES string of the molecule is CCN(CC)C(=O)[C@@H](C)Oc1ccccc1OC. The molecule has 18 heavy (non-hydrogen) atoms. The van der Waals surface area contributed by atoms with Gasteiger partial charge in [-0.05, 0) is 32.9 Å². The Morgan fingerprint density at radius 3 is 2.28 bits per heavy atom. The number of carbonyl (C=O) groups is 1. The van der Waals surface area contributed by atoms with Crippen molar-refractivity contribution >= 4 is 5.91 Å². The molecule has 1 atom stereocenters. The van der Waals surface area contributed by atoms with Gasteiger partial charge >= 0.3 is 0 Å². The van der Waals surface area contributed by atoms with E-state index < -0.39 is 6.10 Å². The predicted octanol–water partition coefficient (Wildman–Crippen LogP) is 2.33. The highest BCUT2D eigenvalue weighted by molar-refractivity contribution is 5.80. The Morgan fingerprint density at radius 2 is 1.78 bits per heavy atom. The maximum absolute atomic E-state index is 12.1. The van der Waals surface area contributed by atoms with Gasteiger partial charge in [0.25, 0.3) is 5.91 Å². The van der Waals surface area contributed by atoms with Gasteiger partial charge in [0.15, 0.2) is 17.6 Å². The van der Waals surface area contributed by atoms with Crippen LogP contribution in [0.2, 0.25) is 0 Å². The van der Waals surface area contributed by atoms with Crippen LogP contribution < -0.4 is 9.47 Å². The van der Waals surface area contributed by atoms with E-state index in [1.807, 2.05) is 32.0 Å².